The second-order valence-corrected chi connectivity index (χ2v) is 5.11. The molecule has 0 saturated heterocycles. The van der Waals surface area contributed by atoms with E-state index in [1.165, 1.54) is 18.5 Å². The van der Waals surface area contributed by atoms with Gasteiger partial charge in [-0.1, -0.05) is 20.8 Å². The molecule has 0 aliphatic carbocycles. The fourth-order valence-electron chi connectivity index (χ4n) is 2.07. The van der Waals surface area contributed by atoms with Crippen molar-refractivity contribution >= 4 is 0 Å². The predicted octanol–water partition coefficient (Wildman–Crippen LogP) is 2.49. The Morgan fingerprint density at radius 2 is 2.23 bits per heavy atom. The van der Waals surface area contributed by atoms with Crippen LogP contribution in [0, 0.1) is 11.3 Å². The largest absolute Gasteiger partial charge is 0.269 e. The van der Waals surface area contributed by atoms with Gasteiger partial charge in [0.15, 0.2) is 0 Å². The van der Waals surface area contributed by atoms with Crippen molar-refractivity contribution in [2.75, 3.05) is 0 Å². The lowest BCUT2D eigenvalue weighted by Crippen LogP contribution is -2.30. The molecule has 0 bridgehead atoms. The summed E-state index contributed by atoms with van der Waals surface area (Å²) in [6.45, 7) is 8.08. The lowest BCUT2D eigenvalue weighted by atomic mass is 9.76. The van der Waals surface area contributed by atoms with Gasteiger partial charge in [0.2, 0.25) is 0 Å². The van der Waals surface area contributed by atoms with E-state index in [1.54, 1.807) is 0 Å². The SMILES string of the molecule is CC(C)(C)C1CCc2ccnn2C1. The van der Waals surface area contributed by atoms with Gasteiger partial charge in [0.05, 0.1) is 0 Å². The molecule has 2 heterocycles. The van der Waals surface area contributed by atoms with Gasteiger partial charge in [-0.3, -0.25) is 4.68 Å². The Kier molecular flexibility index (Phi) is 1.94. The molecule has 0 fully saturated rings. The standard InChI is InChI=1S/C11H18N2/c1-11(2,3)9-4-5-10-6-7-12-13(10)8-9/h6-7,9H,4-5,8H2,1-3H3. The predicted molar refractivity (Wildman–Crippen MR) is 53.5 cm³/mol. The molecule has 2 nitrogen and oxygen atoms in total. The van der Waals surface area contributed by atoms with Crippen molar-refractivity contribution in [2.24, 2.45) is 11.3 Å². The van der Waals surface area contributed by atoms with E-state index in [0.717, 1.165) is 12.5 Å². The Bertz CT molecular complexity index is 293. The third kappa shape index (κ3) is 1.62. The number of aryl methyl sites for hydroxylation is 1. The van der Waals surface area contributed by atoms with Crippen molar-refractivity contribution in [2.45, 2.75) is 40.2 Å². The molecule has 0 amide bonds. The maximum absolute atomic E-state index is 4.34. The fourth-order valence-corrected chi connectivity index (χ4v) is 2.07. The molecule has 1 aromatic rings. The van der Waals surface area contributed by atoms with Crippen LogP contribution < -0.4 is 0 Å². The van der Waals surface area contributed by atoms with Crippen LogP contribution in [0.25, 0.3) is 0 Å². The van der Waals surface area contributed by atoms with Crippen molar-refractivity contribution in [3.8, 4) is 0 Å². The molecule has 0 saturated carbocycles. The number of nitrogens with zero attached hydrogens (tertiary/aromatic N) is 2. The molecule has 0 aromatic carbocycles. The van der Waals surface area contributed by atoms with Crippen LogP contribution in [0.15, 0.2) is 12.3 Å². The average Bonchev–Trinajstić information content (AvgIpc) is 2.47. The fraction of sp³-hybridized carbons (Fsp3) is 0.727. The topological polar surface area (TPSA) is 17.8 Å². The number of hydrogen-bond acceptors (Lipinski definition) is 1. The number of rotatable bonds is 0. The molecule has 2 heteroatoms. The number of fused-ring (bicyclic) bond motifs is 1. The molecular weight excluding hydrogens is 160 g/mol. The highest BCUT2D eigenvalue weighted by Gasteiger charge is 2.28. The van der Waals surface area contributed by atoms with Crippen LogP contribution in [-0.2, 0) is 13.0 Å². The summed E-state index contributed by atoms with van der Waals surface area (Å²) in [5, 5.41) is 4.34. The van der Waals surface area contributed by atoms with Gasteiger partial charge in [-0.2, -0.15) is 5.10 Å². The van der Waals surface area contributed by atoms with Crippen molar-refractivity contribution in [3.05, 3.63) is 18.0 Å². The van der Waals surface area contributed by atoms with Crippen LogP contribution in [0.5, 0.6) is 0 Å². The van der Waals surface area contributed by atoms with Gasteiger partial charge in [0, 0.05) is 18.4 Å². The highest BCUT2D eigenvalue weighted by molar-refractivity contribution is 5.04. The summed E-state index contributed by atoms with van der Waals surface area (Å²) in [6, 6.07) is 2.14. The monoisotopic (exact) mass is 178 g/mol. The molecule has 1 aromatic heterocycles. The Hall–Kier alpha value is -0.790. The molecule has 0 spiro atoms. The van der Waals surface area contributed by atoms with Crippen molar-refractivity contribution < 1.29 is 0 Å². The first-order chi connectivity index (χ1) is 6.07. The van der Waals surface area contributed by atoms with Gasteiger partial charge < -0.3 is 0 Å². The zero-order valence-electron chi connectivity index (χ0n) is 8.75. The van der Waals surface area contributed by atoms with Crippen LogP contribution >= 0.6 is 0 Å². The van der Waals surface area contributed by atoms with E-state index in [-0.39, 0.29) is 0 Å². The van der Waals surface area contributed by atoms with E-state index in [4.69, 9.17) is 0 Å². The van der Waals surface area contributed by atoms with E-state index in [9.17, 15) is 0 Å². The smallest absolute Gasteiger partial charge is 0.0492 e. The van der Waals surface area contributed by atoms with Crippen molar-refractivity contribution in [3.63, 3.8) is 0 Å². The molecular formula is C11H18N2. The minimum atomic E-state index is 0.420. The molecule has 1 aliphatic rings. The summed E-state index contributed by atoms with van der Waals surface area (Å²) < 4.78 is 2.17. The van der Waals surface area contributed by atoms with Gasteiger partial charge in [0.25, 0.3) is 0 Å². The zero-order valence-corrected chi connectivity index (χ0v) is 8.75. The van der Waals surface area contributed by atoms with E-state index >= 15 is 0 Å². The number of aromatic nitrogens is 2. The number of hydrogen-bond donors (Lipinski definition) is 0. The lowest BCUT2D eigenvalue weighted by molar-refractivity contribution is 0.174. The summed E-state index contributed by atoms with van der Waals surface area (Å²) in [4.78, 5) is 0. The molecule has 1 unspecified atom stereocenters. The van der Waals surface area contributed by atoms with Crippen LogP contribution in [0.4, 0.5) is 0 Å². The van der Waals surface area contributed by atoms with Crippen molar-refractivity contribution in [1.82, 2.24) is 9.78 Å². The normalized spacial score (nSPS) is 22.8. The van der Waals surface area contributed by atoms with E-state index in [2.05, 4.69) is 36.6 Å². The second-order valence-electron chi connectivity index (χ2n) is 5.11. The summed E-state index contributed by atoms with van der Waals surface area (Å²) in [6.07, 6.45) is 4.43. The third-order valence-corrected chi connectivity index (χ3v) is 3.17. The summed E-state index contributed by atoms with van der Waals surface area (Å²) >= 11 is 0. The summed E-state index contributed by atoms with van der Waals surface area (Å²) in [5.41, 5.74) is 1.82. The molecule has 2 rings (SSSR count). The molecule has 1 atom stereocenters. The Balaban J connectivity index is 2.18. The molecule has 1 aliphatic heterocycles. The van der Waals surface area contributed by atoms with Gasteiger partial charge >= 0.3 is 0 Å². The van der Waals surface area contributed by atoms with Gasteiger partial charge in [0.1, 0.15) is 0 Å². The molecule has 72 valence electrons. The first kappa shape index (κ1) is 8.79. The van der Waals surface area contributed by atoms with E-state index < -0.39 is 0 Å². The highest BCUT2D eigenvalue weighted by atomic mass is 15.3. The van der Waals surface area contributed by atoms with E-state index in [1.807, 2.05) is 6.20 Å². The van der Waals surface area contributed by atoms with Gasteiger partial charge in [-0.05, 0) is 30.2 Å². The lowest BCUT2D eigenvalue weighted by Gasteiger charge is -2.34. The van der Waals surface area contributed by atoms with Gasteiger partial charge in [-0.25, -0.2) is 0 Å². The molecule has 13 heavy (non-hydrogen) atoms. The van der Waals surface area contributed by atoms with Crippen LogP contribution in [0.1, 0.15) is 32.9 Å². The van der Waals surface area contributed by atoms with Gasteiger partial charge in [-0.15, -0.1) is 0 Å². The Morgan fingerprint density at radius 3 is 2.92 bits per heavy atom. The molecule has 0 radical (unpaired) electrons. The van der Waals surface area contributed by atoms with E-state index in [0.29, 0.717) is 5.41 Å². The van der Waals surface area contributed by atoms with Crippen LogP contribution in [0.3, 0.4) is 0 Å². The van der Waals surface area contributed by atoms with Crippen molar-refractivity contribution in [1.29, 1.82) is 0 Å². The highest BCUT2D eigenvalue weighted by Crippen LogP contribution is 2.33. The summed E-state index contributed by atoms with van der Waals surface area (Å²) in [5.74, 6) is 0.778. The average molecular weight is 178 g/mol. The second kappa shape index (κ2) is 2.86. The maximum atomic E-state index is 4.34. The first-order valence-electron chi connectivity index (χ1n) is 5.08. The summed E-state index contributed by atoms with van der Waals surface area (Å²) in [7, 11) is 0. The maximum Gasteiger partial charge on any atom is 0.0492 e. The minimum absolute atomic E-state index is 0.420. The zero-order chi connectivity index (χ0) is 9.47. The third-order valence-electron chi connectivity index (χ3n) is 3.17. The Morgan fingerprint density at radius 1 is 1.46 bits per heavy atom. The minimum Gasteiger partial charge on any atom is -0.269 e. The Labute approximate surface area is 80.0 Å². The quantitative estimate of drug-likeness (QED) is 0.597. The van der Waals surface area contributed by atoms with Crippen LogP contribution in [0.2, 0.25) is 0 Å². The van der Waals surface area contributed by atoms with Crippen LogP contribution in [-0.4, -0.2) is 9.78 Å². The first-order valence-corrected chi connectivity index (χ1v) is 5.08. The molecule has 0 N–H and O–H groups in total.